The van der Waals surface area contributed by atoms with Crippen LogP contribution in [0.25, 0.3) is 0 Å². The highest BCUT2D eigenvalue weighted by Gasteiger charge is 2.29. The summed E-state index contributed by atoms with van der Waals surface area (Å²) in [6, 6.07) is 6.89. The van der Waals surface area contributed by atoms with E-state index in [-0.39, 0.29) is 5.91 Å². The molecule has 1 amide bonds. The third-order valence-electron chi connectivity index (χ3n) is 4.70. The summed E-state index contributed by atoms with van der Waals surface area (Å²) in [5.74, 6) is 0.0682. The van der Waals surface area contributed by atoms with Crippen LogP contribution in [0.3, 0.4) is 0 Å². The highest BCUT2D eigenvalue weighted by atomic mass is 16.2. The number of nitrogens with zero attached hydrogens (tertiary/aromatic N) is 2. The third kappa shape index (κ3) is 4.43. The van der Waals surface area contributed by atoms with Gasteiger partial charge in [-0.1, -0.05) is 24.3 Å². The van der Waals surface area contributed by atoms with Gasteiger partial charge in [0.2, 0.25) is 5.91 Å². The van der Waals surface area contributed by atoms with Crippen LogP contribution in [-0.4, -0.2) is 54.0 Å². The van der Waals surface area contributed by atoms with E-state index in [4.69, 9.17) is 0 Å². The number of hydrogen-bond acceptors (Lipinski definition) is 3. The Kier molecular flexibility index (Phi) is 5.97. The van der Waals surface area contributed by atoms with E-state index >= 15 is 0 Å². The monoisotopic (exact) mass is 315 g/mol. The second-order valence-electron chi connectivity index (χ2n) is 6.69. The molecule has 2 unspecified atom stereocenters. The normalized spacial score (nSPS) is 22.8. The molecule has 1 aliphatic heterocycles. The average Bonchev–Trinajstić information content (AvgIpc) is 2.48. The van der Waals surface area contributed by atoms with Crippen molar-refractivity contribution in [3.8, 4) is 0 Å². The van der Waals surface area contributed by atoms with Gasteiger partial charge in [-0.05, 0) is 38.8 Å². The molecule has 0 aliphatic carbocycles. The Morgan fingerprint density at radius 2 is 1.78 bits per heavy atom. The van der Waals surface area contributed by atoms with Gasteiger partial charge in [0.05, 0.1) is 6.54 Å². The molecule has 2 atom stereocenters. The lowest BCUT2D eigenvalue weighted by atomic mass is 10.1. The first-order valence-electron chi connectivity index (χ1n) is 8.37. The summed E-state index contributed by atoms with van der Waals surface area (Å²) in [5, 5.41) is 3.09. The summed E-state index contributed by atoms with van der Waals surface area (Å²) in [7, 11) is 0. The Morgan fingerprint density at radius 3 is 2.39 bits per heavy atom. The molecule has 1 aliphatic rings. The predicted molar refractivity (Wildman–Crippen MR) is 96.8 cm³/mol. The van der Waals surface area contributed by atoms with E-state index in [2.05, 4.69) is 35.5 Å². The first-order chi connectivity index (χ1) is 10.9. The van der Waals surface area contributed by atoms with Gasteiger partial charge in [0.15, 0.2) is 0 Å². The summed E-state index contributed by atoms with van der Waals surface area (Å²) in [6.07, 6.45) is 1.95. The molecule has 1 heterocycles. The van der Waals surface area contributed by atoms with Gasteiger partial charge in [-0.3, -0.25) is 14.6 Å². The van der Waals surface area contributed by atoms with Crippen LogP contribution in [-0.2, 0) is 4.79 Å². The van der Waals surface area contributed by atoms with Crippen LogP contribution in [0.2, 0.25) is 0 Å². The molecular formula is C19H29N3O. The zero-order chi connectivity index (χ0) is 17.0. The highest BCUT2D eigenvalue weighted by molar-refractivity contribution is 5.93. The molecule has 1 N–H and O–H groups in total. The van der Waals surface area contributed by atoms with Gasteiger partial charge in [0, 0.05) is 37.4 Å². The fourth-order valence-corrected chi connectivity index (χ4v) is 3.29. The first-order valence-corrected chi connectivity index (χ1v) is 8.37. The summed E-state index contributed by atoms with van der Waals surface area (Å²) >= 11 is 0. The van der Waals surface area contributed by atoms with Gasteiger partial charge < -0.3 is 5.32 Å². The van der Waals surface area contributed by atoms with Gasteiger partial charge >= 0.3 is 0 Å². The van der Waals surface area contributed by atoms with Gasteiger partial charge in [-0.15, -0.1) is 6.58 Å². The molecule has 0 radical (unpaired) electrons. The van der Waals surface area contributed by atoms with Crippen molar-refractivity contribution in [2.24, 2.45) is 0 Å². The molecule has 1 aromatic carbocycles. The number of aryl methyl sites for hydroxylation is 2. The summed E-state index contributed by atoms with van der Waals surface area (Å²) in [4.78, 5) is 17.1. The maximum atomic E-state index is 12.5. The Hall–Kier alpha value is -1.65. The maximum Gasteiger partial charge on any atom is 0.238 e. The summed E-state index contributed by atoms with van der Waals surface area (Å²) in [6.45, 7) is 15.5. The quantitative estimate of drug-likeness (QED) is 0.849. The number of carbonyl (C=O) groups is 1. The van der Waals surface area contributed by atoms with Crippen LogP contribution in [0, 0.1) is 13.8 Å². The Balaban J connectivity index is 1.96. The Bertz CT molecular complexity index is 549. The number of nitrogens with one attached hydrogen (secondary N) is 1. The van der Waals surface area contributed by atoms with Crippen LogP contribution >= 0.6 is 0 Å². The lowest BCUT2D eigenvalue weighted by Gasteiger charge is -2.43. The predicted octanol–water partition coefficient (Wildman–Crippen LogP) is 2.82. The second-order valence-corrected chi connectivity index (χ2v) is 6.69. The molecule has 126 valence electrons. The minimum atomic E-state index is 0.0682. The van der Waals surface area contributed by atoms with E-state index in [9.17, 15) is 4.79 Å². The molecule has 4 heteroatoms. The van der Waals surface area contributed by atoms with E-state index in [0.29, 0.717) is 18.6 Å². The second kappa shape index (κ2) is 7.75. The zero-order valence-electron chi connectivity index (χ0n) is 14.8. The van der Waals surface area contributed by atoms with Crippen LogP contribution in [0.4, 0.5) is 5.69 Å². The fraction of sp³-hybridized carbons (Fsp3) is 0.526. The van der Waals surface area contributed by atoms with Gasteiger partial charge in [-0.2, -0.15) is 0 Å². The first kappa shape index (κ1) is 17.7. The molecule has 2 rings (SSSR count). The molecular weight excluding hydrogens is 286 g/mol. The van der Waals surface area contributed by atoms with E-state index in [1.165, 1.54) is 0 Å². The van der Waals surface area contributed by atoms with Crippen LogP contribution in [0.15, 0.2) is 30.9 Å². The van der Waals surface area contributed by atoms with Crippen molar-refractivity contribution in [3.63, 3.8) is 0 Å². The standard InChI is InChI=1S/C19H29N3O/c1-6-10-21-11-17(5)22(12-16(21)4)13-18(23)20-19-14(2)8-7-9-15(19)3/h6-9,16-17H,1,10-13H2,2-5H3,(H,20,23). The van der Waals surface area contributed by atoms with Crippen LogP contribution < -0.4 is 5.32 Å². The van der Waals surface area contributed by atoms with Gasteiger partial charge in [0.1, 0.15) is 0 Å². The van der Waals surface area contributed by atoms with Crippen molar-refractivity contribution in [3.05, 3.63) is 42.0 Å². The summed E-state index contributed by atoms with van der Waals surface area (Å²) < 4.78 is 0. The van der Waals surface area contributed by atoms with Crippen molar-refractivity contribution < 1.29 is 4.79 Å². The number of anilines is 1. The third-order valence-corrected chi connectivity index (χ3v) is 4.70. The van der Waals surface area contributed by atoms with Crippen molar-refractivity contribution in [2.75, 3.05) is 31.5 Å². The Morgan fingerprint density at radius 1 is 1.22 bits per heavy atom. The van der Waals surface area contributed by atoms with Gasteiger partial charge in [0.25, 0.3) is 0 Å². The molecule has 1 fully saturated rings. The largest absolute Gasteiger partial charge is 0.324 e. The van der Waals surface area contributed by atoms with Crippen LogP contribution in [0.5, 0.6) is 0 Å². The number of amides is 1. The van der Waals surface area contributed by atoms with Crippen molar-refractivity contribution in [2.45, 2.75) is 39.8 Å². The minimum absolute atomic E-state index is 0.0682. The molecule has 1 saturated heterocycles. The van der Waals surface area contributed by atoms with E-state index < -0.39 is 0 Å². The number of rotatable bonds is 5. The molecule has 23 heavy (non-hydrogen) atoms. The van der Waals surface area contributed by atoms with Crippen molar-refractivity contribution in [1.82, 2.24) is 9.80 Å². The minimum Gasteiger partial charge on any atom is -0.324 e. The number of carbonyl (C=O) groups excluding carboxylic acids is 1. The average molecular weight is 315 g/mol. The number of piperazine rings is 1. The van der Waals surface area contributed by atoms with E-state index in [0.717, 1.165) is 36.4 Å². The van der Waals surface area contributed by atoms with Crippen molar-refractivity contribution in [1.29, 1.82) is 0 Å². The molecule has 4 nitrogen and oxygen atoms in total. The van der Waals surface area contributed by atoms with Gasteiger partial charge in [-0.25, -0.2) is 0 Å². The Labute approximate surface area is 140 Å². The molecule has 0 saturated carbocycles. The zero-order valence-corrected chi connectivity index (χ0v) is 14.8. The number of benzene rings is 1. The lowest BCUT2D eigenvalue weighted by molar-refractivity contribution is -0.118. The lowest BCUT2D eigenvalue weighted by Crippen LogP contribution is -2.57. The van der Waals surface area contributed by atoms with E-state index in [1.54, 1.807) is 0 Å². The SMILES string of the molecule is C=CCN1CC(C)N(CC(=O)Nc2c(C)cccc2C)CC1C. The van der Waals surface area contributed by atoms with E-state index in [1.807, 2.05) is 38.1 Å². The smallest absolute Gasteiger partial charge is 0.238 e. The highest BCUT2D eigenvalue weighted by Crippen LogP contribution is 2.20. The number of hydrogen-bond donors (Lipinski definition) is 1. The van der Waals surface area contributed by atoms with Crippen LogP contribution in [0.1, 0.15) is 25.0 Å². The summed E-state index contributed by atoms with van der Waals surface area (Å²) in [5.41, 5.74) is 3.16. The maximum absolute atomic E-state index is 12.5. The molecule has 1 aromatic rings. The topological polar surface area (TPSA) is 35.6 Å². The molecule has 0 bridgehead atoms. The number of para-hydroxylation sites is 1. The molecule has 0 spiro atoms. The van der Waals surface area contributed by atoms with Crippen molar-refractivity contribution >= 4 is 11.6 Å². The molecule has 0 aromatic heterocycles. The fourth-order valence-electron chi connectivity index (χ4n) is 3.29.